The van der Waals surface area contributed by atoms with Crippen LogP contribution in [0.3, 0.4) is 0 Å². The first-order valence-electron chi connectivity index (χ1n) is 9.98. The number of anilines is 1. The fraction of sp³-hybridized carbons (Fsp3) is 0.273. The smallest absolute Gasteiger partial charge is 0.341 e. The van der Waals surface area contributed by atoms with Crippen molar-refractivity contribution < 1.29 is 32.5 Å². The summed E-state index contributed by atoms with van der Waals surface area (Å²) in [6, 6.07) is 3.58. The topological polar surface area (TPSA) is 107 Å². The standard InChI is InChI=1S/C22H20F3N3O5/c1-32-21-18-13(7-16(25)19(21)27-4-5-33-12(8-26)9-27)20(29)14(22(30)31)10-28(18)17-3-2-11(23)6-15(17)24/h2-3,6-7,10,12H,4-5,8-9,26H2,1H3,(H,30,31). The number of ether oxygens (including phenoxy) is 2. The Kier molecular flexibility index (Phi) is 6.00. The van der Waals surface area contributed by atoms with Crippen LogP contribution in [-0.2, 0) is 4.74 Å². The fourth-order valence-electron chi connectivity index (χ4n) is 3.99. The highest BCUT2D eigenvalue weighted by atomic mass is 19.1. The lowest BCUT2D eigenvalue weighted by atomic mass is 10.1. The first-order chi connectivity index (χ1) is 15.8. The Morgan fingerprint density at radius 2 is 2.03 bits per heavy atom. The Morgan fingerprint density at radius 3 is 2.67 bits per heavy atom. The van der Waals surface area contributed by atoms with Gasteiger partial charge in [-0.05, 0) is 18.2 Å². The number of carboxylic acids is 1. The first kappa shape index (κ1) is 22.6. The average Bonchev–Trinajstić information content (AvgIpc) is 2.79. The number of nitrogens with zero attached hydrogens (tertiary/aromatic N) is 2. The van der Waals surface area contributed by atoms with Crippen LogP contribution in [0, 0.1) is 17.5 Å². The van der Waals surface area contributed by atoms with Crippen molar-refractivity contribution in [3.05, 3.63) is 63.7 Å². The van der Waals surface area contributed by atoms with Gasteiger partial charge in [0.25, 0.3) is 0 Å². The van der Waals surface area contributed by atoms with Crippen LogP contribution in [0.5, 0.6) is 5.75 Å². The second kappa shape index (κ2) is 8.75. The number of aromatic nitrogens is 1. The molecule has 1 aliphatic rings. The van der Waals surface area contributed by atoms with Gasteiger partial charge in [-0.15, -0.1) is 0 Å². The van der Waals surface area contributed by atoms with Crippen LogP contribution < -0.4 is 20.8 Å². The minimum absolute atomic E-state index is 0.00880. The quantitative estimate of drug-likeness (QED) is 0.598. The van der Waals surface area contributed by atoms with Crippen LogP contribution in [0.25, 0.3) is 16.6 Å². The minimum Gasteiger partial charge on any atom is -0.492 e. The molecule has 0 amide bonds. The molecule has 1 aromatic heterocycles. The number of nitrogens with two attached hydrogens (primary N) is 1. The molecule has 33 heavy (non-hydrogen) atoms. The largest absolute Gasteiger partial charge is 0.492 e. The van der Waals surface area contributed by atoms with Crippen LogP contribution in [0.1, 0.15) is 10.4 Å². The van der Waals surface area contributed by atoms with Gasteiger partial charge < -0.3 is 29.8 Å². The molecule has 4 rings (SSSR count). The van der Waals surface area contributed by atoms with E-state index < -0.39 is 34.4 Å². The molecule has 0 radical (unpaired) electrons. The zero-order valence-electron chi connectivity index (χ0n) is 17.5. The molecular formula is C22H20F3N3O5. The Labute approximate surface area is 185 Å². The van der Waals surface area contributed by atoms with Gasteiger partial charge in [0.1, 0.15) is 28.4 Å². The lowest BCUT2D eigenvalue weighted by molar-refractivity contribution is 0.0462. The van der Waals surface area contributed by atoms with Crippen LogP contribution in [0.2, 0.25) is 0 Å². The monoisotopic (exact) mass is 463 g/mol. The molecule has 3 N–H and O–H groups in total. The van der Waals surface area contributed by atoms with Crippen molar-refractivity contribution in [2.45, 2.75) is 6.10 Å². The Bertz CT molecular complexity index is 1310. The molecule has 0 aliphatic carbocycles. The van der Waals surface area contributed by atoms with Gasteiger partial charge in [-0.3, -0.25) is 4.79 Å². The zero-order chi connectivity index (χ0) is 23.9. The van der Waals surface area contributed by atoms with E-state index in [1.54, 1.807) is 4.90 Å². The molecule has 2 aromatic carbocycles. The van der Waals surface area contributed by atoms with Crippen LogP contribution >= 0.6 is 0 Å². The van der Waals surface area contributed by atoms with E-state index in [0.29, 0.717) is 6.07 Å². The van der Waals surface area contributed by atoms with Crippen molar-refractivity contribution in [3.8, 4) is 11.4 Å². The zero-order valence-corrected chi connectivity index (χ0v) is 17.5. The second-order valence-corrected chi connectivity index (χ2v) is 7.45. The van der Waals surface area contributed by atoms with Gasteiger partial charge in [-0.25, -0.2) is 18.0 Å². The fourth-order valence-corrected chi connectivity index (χ4v) is 3.99. The van der Waals surface area contributed by atoms with Crippen LogP contribution in [0.15, 0.2) is 35.3 Å². The molecule has 8 nitrogen and oxygen atoms in total. The third-order valence-electron chi connectivity index (χ3n) is 5.49. The predicted octanol–water partition coefficient (Wildman–Crippen LogP) is 2.28. The van der Waals surface area contributed by atoms with Crippen molar-refractivity contribution in [1.82, 2.24) is 4.57 Å². The number of carbonyl (C=O) groups is 1. The summed E-state index contributed by atoms with van der Waals surface area (Å²) in [5.41, 5.74) is 3.68. The number of pyridine rings is 1. The van der Waals surface area contributed by atoms with E-state index in [-0.39, 0.29) is 60.4 Å². The summed E-state index contributed by atoms with van der Waals surface area (Å²) >= 11 is 0. The predicted molar refractivity (Wildman–Crippen MR) is 114 cm³/mol. The third-order valence-corrected chi connectivity index (χ3v) is 5.49. The summed E-state index contributed by atoms with van der Waals surface area (Å²) in [5.74, 6) is -4.39. The molecular weight excluding hydrogens is 443 g/mol. The Hall–Kier alpha value is -3.57. The lowest BCUT2D eigenvalue weighted by Crippen LogP contribution is -2.46. The molecule has 3 aromatic rings. The van der Waals surface area contributed by atoms with Gasteiger partial charge in [-0.2, -0.15) is 0 Å². The van der Waals surface area contributed by atoms with Crippen LogP contribution in [0.4, 0.5) is 18.9 Å². The summed E-state index contributed by atoms with van der Waals surface area (Å²) < 4.78 is 55.7. The first-order valence-corrected chi connectivity index (χ1v) is 9.98. The number of methoxy groups -OCH3 is 1. The molecule has 0 spiro atoms. The van der Waals surface area contributed by atoms with E-state index in [4.69, 9.17) is 15.2 Å². The second-order valence-electron chi connectivity index (χ2n) is 7.45. The molecule has 1 unspecified atom stereocenters. The molecule has 11 heteroatoms. The molecule has 0 saturated carbocycles. The van der Waals surface area contributed by atoms with Crippen LogP contribution in [-0.4, -0.2) is 55.1 Å². The van der Waals surface area contributed by atoms with Crippen molar-refractivity contribution in [2.24, 2.45) is 5.73 Å². The van der Waals surface area contributed by atoms with Crippen molar-refractivity contribution in [3.63, 3.8) is 0 Å². The van der Waals surface area contributed by atoms with E-state index in [0.717, 1.165) is 29.0 Å². The normalized spacial score (nSPS) is 16.3. The summed E-state index contributed by atoms with van der Waals surface area (Å²) in [6.45, 7) is 0.983. The molecule has 0 bridgehead atoms. The maximum absolute atomic E-state index is 15.3. The number of halogens is 3. The molecule has 1 fully saturated rings. The van der Waals surface area contributed by atoms with Gasteiger partial charge in [0.2, 0.25) is 5.43 Å². The van der Waals surface area contributed by atoms with Crippen molar-refractivity contribution in [1.29, 1.82) is 0 Å². The van der Waals surface area contributed by atoms with Crippen molar-refractivity contribution >= 4 is 22.6 Å². The Morgan fingerprint density at radius 1 is 1.27 bits per heavy atom. The summed E-state index contributed by atoms with van der Waals surface area (Å²) in [6.07, 6.45) is 0.542. The number of hydrogen-bond donors (Lipinski definition) is 2. The summed E-state index contributed by atoms with van der Waals surface area (Å²) in [4.78, 5) is 26.2. The van der Waals surface area contributed by atoms with Gasteiger partial charge in [0.15, 0.2) is 11.6 Å². The molecule has 1 saturated heterocycles. The van der Waals surface area contributed by atoms with Gasteiger partial charge >= 0.3 is 5.97 Å². The van der Waals surface area contributed by atoms with Gasteiger partial charge in [-0.1, -0.05) is 0 Å². The minimum atomic E-state index is -1.58. The van der Waals surface area contributed by atoms with E-state index in [2.05, 4.69) is 0 Å². The van der Waals surface area contributed by atoms with Crippen molar-refractivity contribution in [2.75, 3.05) is 38.3 Å². The highest BCUT2D eigenvalue weighted by Crippen LogP contribution is 2.40. The summed E-state index contributed by atoms with van der Waals surface area (Å²) in [7, 11) is 1.25. The third kappa shape index (κ3) is 3.89. The highest BCUT2D eigenvalue weighted by molar-refractivity contribution is 5.97. The maximum Gasteiger partial charge on any atom is 0.341 e. The van der Waals surface area contributed by atoms with E-state index in [1.165, 1.54) is 7.11 Å². The molecule has 174 valence electrons. The Balaban J connectivity index is 2.10. The molecule has 1 aliphatic heterocycles. The number of carboxylic acid groups (broad SMARTS) is 1. The van der Waals surface area contributed by atoms with E-state index in [1.807, 2.05) is 0 Å². The average molecular weight is 463 g/mol. The van der Waals surface area contributed by atoms with E-state index in [9.17, 15) is 23.5 Å². The number of benzene rings is 2. The van der Waals surface area contributed by atoms with Gasteiger partial charge in [0, 0.05) is 31.9 Å². The number of hydrogen-bond acceptors (Lipinski definition) is 6. The molecule has 2 heterocycles. The maximum atomic E-state index is 15.3. The summed E-state index contributed by atoms with van der Waals surface area (Å²) in [5, 5.41) is 9.16. The van der Waals surface area contributed by atoms with E-state index >= 15 is 4.39 Å². The number of morpholine rings is 1. The highest BCUT2D eigenvalue weighted by Gasteiger charge is 2.29. The SMILES string of the molecule is COc1c(N2CCOC(CN)C2)c(F)cc2c(=O)c(C(=O)O)cn(-c3ccc(F)cc3F)c12. The number of rotatable bonds is 5. The lowest BCUT2D eigenvalue weighted by Gasteiger charge is -2.35. The number of aromatic carboxylic acids is 1. The molecule has 1 atom stereocenters. The van der Waals surface area contributed by atoms with Gasteiger partial charge in [0.05, 0.1) is 30.9 Å². The number of fused-ring (bicyclic) bond motifs is 1.